The second-order valence-corrected chi connectivity index (χ2v) is 8.47. The lowest BCUT2D eigenvalue weighted by molar-refractivity contribution is -0.121. The number of hydrogen-bond donors (Lipinski definition) is 1. The molecular weight excluding hydrogens is 410 g/mol. The fraction of sp³-hybridized carbons (Fsp3) is 0.333. The molecule has 6 heteroatoms. The summed E-state index contributed by atoms with van der Waals surface area (Å²) in [5, 5.41) is 12.7. The first-order valence-corrected chi connectivity index (χ1v) is 11.5. The Balaban J connectivity index is 1.58. The van der Waals surface area contributed by atoms with E-state index in [9.17, 15) is 10.1 Å². The quantitative estimate of drug-likeness (QED) is 0.416. The van der Waals surface area contributed by atoms with Gasteiger partial charge >= 0.3 is 0 Å². The Morgan fingerprint density at radius 3 is 2.45 bits per heavy atom. The van der Waals surface area contributed by atoms with Gasteiger partial charge in [0.1, 0.15) is 5.69 Å². The molecule has 0 saturated carbocycles. The van der Waals surface area contributed by atoms with Gasteiger partial charge < -0.3 is 10.2 Å². The van der Waals surface area contributed by atoms with Gasteiger partial charge in [-0.3, -0.25) is 4.79 Å². The first-order valence-electron chi connectivity index (χ1n) is 11.5. The van der Waals surface area contributed by atoms with E-state index < -0.39 is 5.92 Å². The van der Waals surface area contributed by atoms with Crippen LogP contribution >= 0.6 is 0 Å². The van der Waals surface area contributed by atoms with E-state index in [1.54, 1.807) is 6.08 Å². The van der Waals surface area contributed by atoms with E-state index in [0.29, 0.717) is 35.9 Å². The summed E-state index contributed by atoms with van der Waals surface area (Å²) in [5.41, 5.74) is 3.26. The van der Waals surface area contributed by atoms with Crippen molar-refractivity contribution in [2.75, 3.05) is 24.5 Å². The number of amides is 1. The molecule has 1 aliphatic rings. The summed E-state index contributed by atoms with van der Waals surface area (Å²) in [4.78, 5) is 24.6. The number of piperidine rings is 1. The number of hydrogen-bond acceptors (Lipinski definition) is 5. The molecule has 1 amide bonds. The van der Waals surface area contributed by atoms with Crippen LogP contribution in [0, 0.1) is 17.2 Å². The van der Waals surface area contributed by atoms with Gasteiger partial charge in [-0.2, -0.15) is 5.26 Å². The maximum Gasteiger partial charge on any atom is 0.243 e. The third-order valence-electron chi connectivity index (χ3n) is 6.17. The minimum atomic E-state index is -1.01. The molecular formula is C27H29N5O. The molecule has 1 saturated heterocycles. The normalized spacial score (nSPS) is 15.1. The van der Waals surface area contributed by atoms with E-state index in [4.69, 9.17) is 9.97 Å². The second kappa shape index (κ2) is 10.7. The molecule has 168 valence electrons. The number of anilines is 1. The monoisotopic (exact) mass is 439 g/mol. The van der Waals surface area contributed by atoms with Crippen molar-refractivity contribution in [3.8, 4) is 6.07 Å². The summed E-state index contributed by atoms with van der Waals surface area (Å²) in [7, 11) is 0. The zero-order valence-electron chi connectivity index (χ0n) is 18.8. The molecule has 0 radical (unpaired) electrons. The molecule has 1 fully saturated rings. The van der Waals surface area contributed by atoms with Gasteiger partial charge in [0.05, 0.1) is 17.1 Å². The molecule has 6 nitrogen and oxygen atoms in total. The lowest BCUT2D eigenvalue weighted by Crippen LogP contribution is -2.37. The molecule has 0 bridgehead atoms. The summed E-state index contributed by atoms with van der Waals surface area (Å²) < 4.78 is 0. The van der Waals surface area contributed by atoms with Crippen LogP contribution in [0.5, 0.6) is 0 Å². The number of nitrogens with zero attached hydrogens (tertiary/aromatic N) is 4. The van der Waals surface area contributed by atoms with E-state index in [2.05, 4.69) is 47.1 Å². The van der Waals surface area contributed by atoms with E-state index in [1.807, 2.05) is 30.3 Å². The van der Waals surface area contributed by atoms with Gasteiger partial charge in [0.2, 0.25) is 5.91 Å². The fourth-order valence-electron chi connectivity index (χ4n) is 4.37. The topological polar surface area (TPSA) is 81.9 Å². The largest absolute Gasteiger partial charge is 0.355 e. The summed E-state index contributed by atoms with van der Waals surface area (Å²) in [6.07, 6.45) is 5.52. The number of carbonyl (C=O) groups is 1. The number of rotatable bonds is 8. The van der Waals surface area contributed by atoms with Gasteiger partial charge in [-0.1, -0.05) is 48.5 Å². The van der Waals surface area contributed by atoms with Gasteiger partial charge in [0.25, 0.3) is 0 Å². The summed E-state index contributed by atoms with van der Waals surface area (Å²) in [6.45, 7) is 5.78. The molecule has 0 aliphatic carbocycles. The van der Waals surface area contributed by atoms with Crippen LogP contribution in [0.3, 0.4) is 0 Å². The molecule has 2 aromatic carbocycles. The second-order valence-electron chi connectivity index (χ2n) is 8.47. The molecule has 2 heterocycles. The molecule has 1 aliphatic heterocycles. The van der Waals surface area contributed by atoms with E-state index in [0.717, 1.165) is 37.9 Å². The van der Waals surface area contributed by atoms with Crippen LogP contribution in [-0.2, 0) is 11.2 Å². The van der Waals surface area contributed by atoms with Gasteiger partial charge in [-0.25, -0.2) is 9.97 Å². The highest BCUT2D eigenvalue weighted by atomic mass is 16.1. The number of para-hydroxylation sites is 2. The maximum atomic E-state index is 12.8. The SMILES string of the molecule is C=CCCNC(=O)C(C#N)c1nc2ccccc2nc1N1CCC(Cc2ccccc2)CC1. The van der Waals surface area contributed by atoms with Crippen molar-refractivity contribution in [2.24, 2.45) is 5.92 Å². The molecule has 33 heavy (non-hydrogen) atoms. The number of nitriles is 1. The Bertz CT molecular complexity index is 1150. The zero-order chi connectivity index (χ0) is 23.0. The van der Waals surface area contributed by atoms with Crippen LogP contribution in [0.2, 0.25) is 0 Å². The number of carbonyl (C=O) groups excluding carboxylic acids is 1. The fourth-order valence-corrected chi connectivity index (χ4v) is 4.37. The Kier molecular flexibility index (Phi) is 7.31. The van der Waals surface area contributed by atoms with Crippen LogP contribution in [-0.4, -0.2) is 35.5 Å². The number of benzene rings is 2. The van der Waals surface area contributed by atoms with Crippen LogP contribution < -0.4 is 10.2 Å². The molecule has 0 spiro atoms. The first kappa shape index (κ1) is 22.5. The van der Waals surface area contributed by atoms with Gasteiger partial charge in [0.15, 0.2) is 11.7 Å². The number of aromatic nitrogens is 2. The molecule has 1 aromatic heterocycles. The average Bonchev–Trinajstić information content (AvgIpc) is 2.85. The first-order chi connectivity index (χ1) is 16.2. The Labute approximate surface area is 195 Å². The Hall–Kier alpha value is -3.72. The van der Waals surface area contributed by atoms with Crippen molar-refractivity contribution in [3.63, 3.8) is 0 Å². The minimum absolute atomic E-state index is 0.343. The van der Waals surface area contributed by atoms with Crippen LogP contribution in [0.1, 0.15) is 36.4 Å². The van der Waals surface area contributed by atoms with E-state index >= 15 is 0 Å². The standard InChI is InChI=1S/C27H29N5O/c1-2-3-15-29-27(33)22(19-28)25-26(31-24-12-8-7-11-23(24)30-25)32-16-13-21(14-17-32)18-20-9-5-4-6-10-20/h2,4-12,21-22H,1,3,13-18H2,(H,29,33). The Morgan fingerprint density at radius 2 is 1.79 bits per heavy atom. The summed E-state index contributed by atoms with van der Waals surface area (Å²) >= 11 is 0. The predicted molar refractivity (Wildman–Crippen MR) is 131 cm³/mol. The van der Waals surface area contributed by atoms with Gasteiger partial charge in [-0.05, 0) is 49.3 Å². The zero-order valence-corrected chi connectivity index (χ0v) is 18.8. The van der Waals surface area contributed by atoms with Crippen molar-refractivity contribution in [2.45, 2.75) is 31.6 Å². The third-order valence-corrected chi connectivity index (χ3v) is 6.17. The van der Waals surface area contributed by atoms with Crippen LogP contribution in [0.15, 0.2) is 67.3 Å². The van der Waals surface area contributed by atoms with Crippen molar-refractivity contribution in [1.29, 1.82) is 5.26 Å². The molecule has 1 unspecified atom stereocenters. The van der Waals surface area contributed by atoms with E-state index in [1.165, 1.54) is 5.56 Å². The summed E-state index contributed by atoms with van der Waals surface area (Å²) in [6, 6.07) is 20.4. The third kappa shape index (κ3) is 5.38. The Morgan fingerprint density at radius 1 is 1.12 bits per heavy atom. The van der Waals surface area contributed by atoms with Crippen molar-refractivity contribution in [3.05, 3.63) is 78.5 Å². The lowest BCUT2D eigenvalue weighted by Gasteiger charge is -2.34. The highest BCUT2D eigenvalue weighted by Gasteiger charge is 2.30. The minimum Gasteiger partial charge on any atom is -0.355 e. The van der Waals surface area contributed by atoms with E-state index in [-0.39, 0.29) is 5.91 Å². The van der Waals surface area contributed by atoms with Gasteiger partial charge in [-0.15, -0.1) is 6.58 Å². The van der Waals surface area contributed by atoms with Gasteiger partial charge in [0, 0.05) is 19.6 Å². The smallest absolute Gasteiger partial charge is 0.243 e. The van der Waals surface area contributed by atoms with Crippen LogP contribution in [0.4, 0.5) is 5.82 Å². The maximum absolute atomic E-state index is 12.8. The van der Waals surface area contributed by atoms with Crippen molar-refractivity contribution in [1.82, 2.24) is 15.3 Å². The van der Waals surface area contributed by atoms with Crippen molar-refractivity contribution < 1.29 is 4.79 Å². The number of nitrogens with one attached hydrogen (secondary N) is 1. The predicted octanol–water partition coefficient (Wildman–Crippen LogP) is 4.39. The summed E-state index contributed by atoms with van der Waals surface area (Å²) in [5.74, 6) is -0.0973. The molecule has 1 N–H and O–H groups in total. The lowest BCUT2D eigenvalue weighted by atomic mass is 9.90. The highest BCUT2D eigenvalue weighted by Crippen LogP contribution is 2.31. The molecule has 1 atom stereocenters. The average molecular weight is 440 g/mol. The van der Waals surface area contributed by atoms with Crippen molar-refractivity contribution >= 4 is 22.8 Å². The number of fused-ring (bicyclic) bond motifs is 1. The molecule has 4 rings (SSSR count). The molecule has 3 aromatic rings. The van der Waals surface area contributed by atoms with Crippen LogP contribution in [0.25, 0.3) is 11.0 Å². The highest BCUT2D eigenvalue weighted by molar-refractivity contribution is 5.88.